The highest BCUT2D eigenvalue weighted by atomic mass is 19.1. The van der Waals surface area contributed by atoms with Gasteiger partial charge in [-0.15, -0.1) is 0 Å². The first-order valence-electron chi connectivity index (χ1n) is 6.96. The molecule has 0 bridgehead atoms. The Kier molecular flexibility index (Phi) is 3.72. The summed E-state index contributed by atoms with van der Waals surface area (Å²) in [5.41, 5.74) is 2.25. The van der Waals surface area contributed by atoms with Gasteiger partial charge in [-0.1, -0.05) is 31.6 Å². The third-order valence-electron chi connectivity index (χ3n) is 4.23. The van der Waals surface area contributed by atoms with E-state index in [-0.39, 0.29) is 29.0 Å². The van der Waals surface area contributed by atoms with E-state index in [0.29, 0.717) is 11.3 Å². The van der Waals surface area contributed by atoms with Gasteiger partial charge in [0.1, 0.15) is 5.82 Å². The van der Waals surface area contributed by atoms with Gasteiger partial charge in [-0.25, -0.2) is 4.39 Å². The van der Waals surface area contributed by atoms with Gasteiger partial charge in [0, 0.05) is 11.3 Å². The van der Waals surface area contributed by atoms with Crippen molar-refractivity contribution < 1.29 is 9.18 Å². The highest BCUT2D eigenvalue weighted by molar-refractivity contribution is 5.96. The molecule has 20 heavy (non-hydrogen) atoms. The molecule has 0 saturated heterocycles. The maximum atomic E-state index is 13.5. The number of hydrogen-bond donors (Lipinski definition) is 1. The summed E-state index contributed by atoms with van der Waals surface area (Å²) in [5, 5.41) is 2.86. The summed E-state index contributed by atoms with van der Waals surface area (Å²) in [5.74, 6) is -0.0914. The van der Waals surface area contributed by atoms with Crippen molar-refractivity contribution >= 4 is 11.6 Å². The van der Waals surface area contributed by atoms with Crippen molar-refractivity contribution in [2.75, 3.05) is 5.32 Å². The Hall–Kier alpha value is -1.64. The normalized spacial score (nSPS) is 23.1. The molecule has 0 radical (unpaired) electrons. The number of allylic oxidation sites excluding steroid dienone is 2. The molecule has 1 aromatic rings. The zero-order valence-electron chi connectivity index (χ0n) is 12.8. The lowest BCUT2D eigenvalue weighted by molar-refractivity contribution is -0.118. The van der Waals surface area contributed by atoms with E-state index in [1.54, 1.807) is 19.1 Å². The predicted molar refractivity (Wildman–Crippen MR) is 80.0 cm³/mol. The van der Waals surface area contributed by atoms with E-state index >= 15 is 0 Å². The SMILES string of the molecule is CC(C)=C[C@@H]1[C@H](C(=O)Nc2cccc(F)c2C)C1(C)C. The minimum Gasteiger partial charge on any atom is -0.325 e. The molecule has 1 saturated carbocycles. The Bertz CT molecular complexity index is 570. The van der Waals surface area contributed by atoms with Gasteiger partial charge in [-0.2, -0.15) is 0 Å². The molecule has 1 fully saturated rings. The van der Waals surface area contributed by atoms with Crippen molar-refractivity contribution in [3.8, 4) is 0 Å². The lowest BCUT2D eigenvalue weighted by atomic mass is 10.1. The molecule has 108 valence electrons. The molecule has 3 heteroatoms. The molecule has 0 unspecified atom stereocenters. The molecule has 1 aromatic carbocycles. The average molecular weight is 275 g/mol. The van der Waals surface area contributed by atoms with Crippen LogP contribution < -0.4 is 5.32 Å². The van der Waals surface area contributed by atoms with Crippen molar-refractivity contribution in [1.82, 2.24) is 0 Å². The molecule has 0 aromatic heterocycles. The molecule has 0 aliphatic heterocycles. The Morgan fingerprint density at radius 3 is 2.60 bits per heavy atom. The fraction of sp³-hybridized carbons (Fsp3) is 0.471. The molecule has 2 rings (SSSR count). The zero-order valence-corrected chi connectivity index (χ0v) is 12.8. The average Bonchev–Trinajstić information content (AvgIpc) is 2.86. The van der Waals surface area contributed by atoms with Crippen LogP contribution in [0.25, 0.3) is 0 Å². The zero-order chi connectivity index (χ0) is 15.1. The van der Waals surface area contributed by atoms with Gasteiger partial charge in [0.25, 0.3) is 0 Å². The van der Waals surface area contributed by atoms with E-state index in [1.165, 1.54) is 11.6 Å². The Morgan fingerprint density at radius 2 is 2.00 bits per heavy atom. The van der Waals surface area contributed by atoms with Crippen LogP contribution in [0.3, 0.4) is 0 Å². The monoisotopic (exact) mass is 275 g/mol. The van der Waals surface area contributed by atoms with E-state index in [2.05, 4.69) is 25.2 Å². The standard InChI is InChI=1S/C17H22FNO/c1-10(2)9-12-15(17(12,4)5)16(20)19-14-8-6-7-13(18)11(14)3/h6-9,12,15H,1-5H3,(H,19,20)/t12-,15-/m1/s1. The highest BCUT2D eigenvalue weighted by Gasteiger charge is 2.60. The van der Waals surface area contributed by atoms with Gasteiger partial charge >= 0.3 is 0 Å². The second-order valence-electron chi connectivity index (χ2n) is 6.47. The highest BCUT2D eigenvalue weighted by Crippen LogP contribution is 2.59. The number of benzene rings is 1. The van der Waals surface area contributed by atoms with Crippen LogP contribution in [-0.2, 0) is 4.79 Å². The van der Waals surface area contributed by atoms with Crippen LogP contribution in [-0.4, -0.2) is 5.91 Å². The second-order valence-corrected chi connectivity index (χ2v) is 6.47. The first-order chi connectivity index (χ1) is 9.25. The quantitative estimate of drug-likeness (QED) is 0.818. The van der Waals surface area contributed by atoms with Gasteiger partial charge < -0.3 is 5.32 Å². The third-order valence-corrected chi connectivity index (χ3v) is 4.23. The minimum atomic E-state index is -0.293. The molecular formula is C17H22FNO. The lowest BCUT2D eigenvalue weighted by Gasteiger charge is -2.09. The van der Waals surface area contributed by atoms with Crippen LogP contribution >= 0.6 is 0 Å². The Morgan fingerprint density at radius 1 is 1.35 bits per heavy atom. The van der Waals surface area contributed by atoms with E-state index < -0.39 is 0 Å². The number of carbonyl (C=O) groups is 1. The van der Waals surface area contributed by atoms with Crippen molar-refractivity contribution in [2.24, 2.45) is 17.3 Å². The smallest absolute Gasteiger partial charge is 0.228 e. The van der Waals surface area contributed by atoms with Gasteiger partial charge in [0.05, 0.1) is 5.92 Å². The van der Waals surface area contributed by atoms with E-state index in [0.717, 1.165) is 0 Å². The number of amides is 1. The molecule has 1 amide bonds. The molecule has 2 atom stereocenters. The second kappa shape index (κ2) is 5.04. The van der Waals surface area contributed by atoms with E-state index in [1.807, 2.05) is 13.8 Å². The Labute approximate surface area is 120 Å². The van der Waals surface area contributed by atoms with Crippen LogP contribution in [0.4, 0.5) is 10.1 Å². The van der Waals surface area contributed by atoms with Crippen molar-refractivity contribution in [3.63, 3.8) is 0 Å². The van der Waals surface area contributed by atoms with Crippen LogP contribution in [0.1, 0.15) is 33.3 Å². The van der Waals surface area contributed by atoms with Gasteiger partial charge in [0.2, 0.25) is 5.91 Å². The minimum absolute atomic E-state index is 0.0220. The van der Waals surface area contributed by atoms with Crippen LogP contribution in [0.5, 0.6) is 0 Å². The summed E-state index contributed by atoms with van der Waals surface area (Å²) in [6.45, 7) is 9.95. The summed E-state index contributed by atoms with van der Waals surface area (Å²) in [7, 11) is 0. The number of carbonyl (C=O) groups excluding carboxylic acids is 1. The lowest BCUT2D eigenvalue weighted by Crippen LogP contribution is -2.17. The third kappa shape index (κ3) is 2.62. The van der Waals surface area contributed by atoms with Crippen molar-refractivity contribution in [1.29, 1.82) is 0 Å². The first kappa shape index (κ1) is 14.8. The molecule has 0 spiro atoms. The number of nitrogens with one attached hydrogen (secondary N) is 1. The fourth-order valence-corrected chi connectivity index (χ4v) is 2.80. The topological polar surface area (TPSA) is 29.1 Å². The maximum Gasteiger partial charge on any atom is 0.228 e. The molecule has 1 aliphatic rings. The van der Waals surface area contributed by atoms with Crippen molar-refractivity contribution in [2.45, 2.75) is 34.6 Å². The summed E-state index contributed by atoms with van der Waals surface area (Å²) in [4.78, 5) is 12.4. The van der Waals surface area contributed by atoms with Crippen LogP contribution in [0.15, 0.2) is 29.8 Å². The molecule has 1 N–H and O–H groups in total. The molecular weight excluding hydrogens is 253 g/mol. The molecule has 2 nitrogen and oxygen atoms in total. The number of halogens is 1. The Balaban J connectivity index is 2.14. The summed E-state index contributed by atoms with van der Waals surface area (Å²) in [6.07, 6.45) is 2.16. The summed E-state index contributed by atoms with van der Waals surface area (Å²) >= 11 is 0. The molecule has 0 heterocycles. The molecule has 1 aliphatic carbocycles. The van der Waals surface area contributed by atoms with Crippen LogP contribution in [0.2, 0.25) is 0 Å². The number of hydrogen-bond acceptors (Lipinski definition) is 1. The maximum absolute atomic E-state index is 13.5. The van der Waals surface area contributed by atoms with Crippen molar-refractivity contribution in [3.05, 3.63) is 41.2 Å². The summed E-state index contributed by atoms with van der Waals surface area (Å²) in [6, 6.07) is 4.75. The van der Waals surface area contributed by atoms with Crippen LogP contribution in [0, 0.1) is 30.0 Å². The summed E-state index contributed by atoms with van der Waals surface area (Å²) < 4.78 is 13.5. The first-order valence-corrected chi connectivity index (χ1v) is 6.96. The fourth-order valence-electron chi connectivity index (χ4n) is 2.80. The van der Waals surface area contributed by atoms with Gasteiger partial charge in [-0.05, 0) is 44.2 Å². The number of anilines is 1. The largest absolute Gasteiger partial charge is 0.325 e. The van der Waals surface area contributed by atoms with E-state index in [9.17, 15) is 9.18 Å². The van der Waals surface area contributed by atoms with Gasteiger partial charge in [-0.3, -0.25) is 4.79 Å². The van der Waals surface area contributed by atoms with Gasteiger partial charge in [0.15, 0.2) is 0 Å². The predicted octanol–water partition coefficient (Wildman–Crippen LogP) is 4.31. The number of rotatable bonds is 3. The van der Waals surface area contributed by atoms with E-state index in [4.69, 9.17) is 0 Å².